The molecule has 2 aromatic carbocycles. The molecule has 9 nitrogen and oxygen atoms in total. The topological polar surface area (TPSA) is 117 Å². The van der Waals surface area contributed by atoms with E-state index in [2.05, 4.69) is 17.6 Å². The van der Waals surface area contributed by atoms with Gasteiger partial charge in [0.15, 0.2) is 0 Å². The third-order valence-corrected chi connectivity index (χ3v) is 7.06. The number of benzene rings is 2. The number of nitrogens with zero attached hydrogens (tertiary/aromatic N) is 1. The summed E-state index contributed by atoms with van der Waals surface area (Å²) >= 11 is 0. The van der Waals surface area contributed by atoms with E-state index in [1.165, 1.54) is 12.1 Å². The SMILES string of the molecule is CCCCCCCN(C(=O)C(NC(=O)OC(C)(C)C)C(C)CC)C(C(=O)Nc1ccc(OC)cc1)c1ccc(O)cc1. The maximum Gasteiger partial charge on any atom is 0.408 e. The predicted octanol–water partition coefficient (Wildman–Crippen LogP) is 6.82. The largest absolute Gasteiger partial charge is 0.508 e. The minimum absolute atomic E-state index is 0.0505. The molecule has 42 heavy (non-hydrogen) atoms. The maximum atomic E-state index is 14.4. The summed E-state index contributed by atoms with van der Waals surface area (Å²) in [6, 6.07) is 11.3. The molecular weight excluding hydrogens is 534 g/mol. The number of nitrogens with one attached hydrogen (secondary N) is 2. The van der Waals surface area contributed by atoms with Gasteiger partial charge in [-0.2, -0.15) is 0 Å². The van der Waals surface area contributed by atoms with Crippen LogP contribution in [0.25, 0.3) is 0 Å². The molecule has 0 spiro atoms. The molecule has 3 amide bonds. The zero-order valence-electron chi connectivity index (χ0n) is 26.2. The number of alkyl carbamates (subject to hydrolysis) is 1. The van der Waals surface area contributed by atoms with Crippen molar-refractivity contribution in [1.29, 1.82) is 0 Å². The molecule has 0 aliphatic rings. The molecule has 2 aromatic rings. The van der Waals surface area contributed by atoms with Crippen LogP contribution in [0.1, 0.15) is 91.7 Å². The summed E-state index contributed by atoms with van der Waals surface area (Å²) in [5.41, 5.74) is 0.352. The van der Waals surface area contributed by atoms with Crippen LogP contribution >= 0.6 is 0 Å². The van der Waals surface area contributed by atoms with Gasteiger partial charge in [-0.05, 0) is 75.1 Å². The number of carbonyl (C=O) groups is 3. The molecule has 0 bridgehead atoms. The molecule has 9 heteroatoms. The van der Waals surface area contributed by atoms with Crippen LogP contribution in [0, 0.1) is 5.92 Å². The smallest absolute Gasteiger partial charge is 0.408 e. The molecule has 0 fully saturated rings. The Balaban J connectivity index is 2.52. The van der Waals surface area contributed by atoms with E-state index in [1.54, 1.807) is 69.2 Å². The number of rotatable bonds is 15. The predicted molar refractivity (Wildman–Crippen MR) is 166 cm³/mol. The average molecular weight is 584 g/mol. The van der Waals surface area contributed by atoms with Crippen molar-refractivity contribution >= 4 is 23.6 Å². The molecule has 3 atom stereocenters. The number of carbonyl (C=O) groups excluding carboxylic acids is 3. The second kappa shape index (κ2) is 16.6. The van der Waals surface area contributed by atoms with E-state index >= 15 is 0 Å². The molecule has 0 aromatic heterocycles. The minimum Gasteiger partial charge on any atom is -0.508 e. The molecule has 232 valence electrons. The van der Waals surface area contributed by atoms with Crippen LogP contribution in [0.15, 0.2) is 48.5 Å². The number of amides is 3. The van der Waals surface area contributed by atoms with Crippen molar-refractivity contribution < 1.29 is 29.0 Å². The summed E-state index contributed by atoms with van der Waals surface area (Å²) in [4.78, 5) is 42.8. The summed E-state index contributed by atoms with van der Waals surface area (Å²) in [5, 5.41) is 15.7. The van der Waals surface area contributed by atoms with Crippen LogP contribution < -0.4 is 15.4 Å². The van der Waals surface area contributed by atoms with Crippen molar-refractivity contribution in [3.63, 3.8) is 0 Å². The highest BCUT2D eigenvalue weighted by molar-refractivity contribution is 5.99. The lowest BCUT2D eigenvalue weighted by Crippen LogP contribution is -2.55. The first-order chi connectivity index (χ1) is 19.9. The first kappa shape index (κ1) is 34.5. The van der Waals surface area contributed by atoms with Gasteiger partial charge in [0, 0.05) is 12.2 Å². The number of methoxy groups -OCH3 is 1. The number of ether oxygens (including phenoxy) is 2. The highest BCUT2D eigenvalue weighted by Gasteiger charge is 2.38. The normalized spacial score (nSPS) is 13.4. The Hall–Kier alpha value is -3.75. The van der Waals surface area contributed by atoms with Crippen LogP contribution in [0.4, 0.5) is 10.5 Å². The molecule has 0 aliphatic carbocycles. The Morgan fingerprint density at radius 2 is 1.55 bits per heavy atom. The van der Waals surface area contributed by atoms with Gasteiger partial charge in [-0.25, -0.2) is 4.79 Å². The van der Waals surface area contributed by atoms with Gasteiger partial charge >= 0.3 is 6.09 Å². The van der Waals surface area contributed by atoms with Crippen LogP contribution in [0.3, 0.4) is 0 Å². The molecule has 3 unspecified atom stereocenters. The lowest BCUT2D eigenvalue weighted by Gasteiger charge is -2.36. The van der Waals surface area contributed by atoms with Crippen molar-refractivity contribution in [2.75, 3.05) is 19.0 Å². The monoisotopic (exact) mass is 583 g/mol. The van der Waals surface area contributed by atoms with Crippen LogP contribution in [0.5, 0.6) is 11.5 Å². The molecule has 0 aliphatic heterocycles. The van der Waals surface area contributed by atoms with Gasteiger partial charge in [0.25, 0.3) is 5.91 Å². The Kier molecular flexibility index (Phi) is 13.6. The second-order valence-corrected chi connectivity index (χ2v) is 11.7. The van der Waals surface area contributed by atoms with E-state index < -0.39 is 29.7 Å². The number of unbranched alkanes of at least 4 members (excludes halogenated alkanes) is 4. The average Bonchev–Trinajstić information content (AvgIpc) is 2.94. The first-order valence-corrected chi connectivity index (χ1v) is 14.9. The zero-order valence-corrected chi connectivity index (χ0v) is 26.2. The van der Waals surface area contributed by atoms with Gasteiger partial charge < -0.3 is 30.1 Å². The fourth-order valence-corrected chi connectivity index (χ4v) is 4.56. The van der Waals surface area contributed by atoms with Crippen LogP contribution in [0.2, 0.25) is 0 Å². The third-order valence-electron chi connectivity index (χ3n) is 7.06. The van der Waals surface area contributed by atoms with Crippen molar-refractivity contribution in [2.24, 2.45) is 5.92 Å². The lowest BCUT2D eigenvalue weighted by atomic mass is 9.95. The van der Waals surface area contributed by atoms with Gasteiger partial charge in [-0.15, -0.1) is 0 Å². The van der Waals surface area contributed by atoms with Crippen molar-refractivity contribution in [2.45, 2.75) is 97.8 Å². The van der Waals surface area contributed by atoms with Crippen molar-refractivity contribution in [3.05, 3.63) is 54.1 Å². The van der Waals surface area contributed by atoms with E-state index in [-0.39, 0.29) is 17.6 Å². The molecular formula is C33H49N3O6. The standard InChI is InChI=1S/C33H49N3O6/c1-8-10-11-12-13-22-36(31(39)28(23(3)9-2)35-32(40)42-33(4,5)6)29(24-14-18-26(37)19-15-24)30(38)34-25-16-20-27(41-7)21-17-25/h14-21,23,28-29,37H,8-13,22H2,1-7H3,(H,34,38)(H,35,40). The van der Waals surface area contributed by atoms with Crippen molar-refractivity contribution in [1.82, 2.24) is 10.2 Å². The minimum atomic E-state index is -1.02. The molecule has 0 saturated heterocycles. The zero-order chi connectivity index (χ0) is 31.3. The van der Waals surface area contributed by atoms with E-state index in [4.69, 9.17) is 9.47 Å². The lowest BCUT2D eigenvalue weighted by molar-refractivity contribution is -0.142. The summed E-state index contributed by atoms with van der Waals surface area (Å²) in [7, 11) is 1.57. The highest BCUT2D eigenvalue weighted by Crippen LogP contribution is 2.28. The number of hydrogen-bond donors (Lipinski definition) is 3. The van der Waals surface area contributed by atoms with Gasteiger partial charge in [0.1, 0.15) is 29.2 Å². The summed E-state index contributed by atoms with van der Waals surface area (Å²) in [6.07, 6.45) is 4.71. The fourth-order valence-electron chi connectivity index (χ4n) is 4.56. The molecule has 0 saturated carbocycles. The number of anilines is 1. The number of phenols is 1. The van der Waals surface area contributed by atoms with Gasteiger partial charge in [-0.3, -0.25) is 9.59 Å². The third kappa shape index (κ3) is 10.9. The highest BCUT2D eigenvalue weighted by atomic mass is 16.6. The molecule has 2 rings (SSSR count). The quantitative estimate of drug-likeness (QED) is 0.198. The van der Waals surface area contributed by atoms with E-state index in [0.29, 0.717) is 36.4 Å². The fraction of sp³-hybridized carbons (Fsp3) is 0.545. The number of hydrogen-bond acceptors (Lipinski definition) is 6. The number of phenolic OH excluding ortho intramolecular Hbond substituents is 1. The molecule has 3 N–H and O–H groups in total. The summed E-state index contributed by atoms with van der Waals surface area (Å²) < 4.78 is 10.7. The Morgan fingerprint density at radius 1 is 0.929 bits per heavy atom. The first-order valence-electron chi connectivity index (χ1n) is 14.9. The number of aromatic hydroxyl groups is 1. The Bertz CT molecular complexity index is 1130. The van der Waals surface area contributed by atoms with Crippen LogP contribution in [-0.4, -0.2) is 53.2 Å². The second-order valence-electron chi connectivity index (χ2n) is 11.7. The molecule has 0 radical (unpaired) electrons. The van der Waals surface area contributed by atoms with Crippen LogP contribution in [-0.2, 0) is 14.3 Å². The van der Waals surface area contributed by atoms with Gasteiger partial charge in [0.2, 0.25) is 5.91 Å². The molecule has 0 heterocycles. The van der Waals surface area contributed by atoms with E-state index in [9.17, 15) is 19.5 Å². The van der Waals surface area contributed by atoms with Crippen molar-refractivity contribution in [3.8, 4) is 11.5 Å². The van der Waals surface area contributed by atoms with Gasteiger partial charge in [-0.1, -0.05) is 65.0 Å². The maximum absolute atomic E-state index is 14.4. The Morgan fingerprint density at radius 3 is 2.10 bits per heavy atom. The van der Waals surface area contributed by atoms with E-state index in [0.717, 1.165) is 25.7 Å². The van der Waals surface area contributed by atoms with E-state index in [1.807, 2.05) is 13.8 Å². The Labute approximate surface area is 251 Å². The van der Waals surface area contributed by atoms with Gasteiger partial charge in [0.05, 0.1) is 7.11 Å². The summed E-state index contributed by atoms with van der Waals surface area (Å²) in [5.74, 6) is -0.300. The summed E-state index contributed by atoms with van der Waals surface area (Å²) in [6.45, 7) is 11.6.